The van der Waals surface area contributed by atoms with E-state index >= 15 is 0 Å². The zero-order chi connectivity index (χ0) is 10.5. The van der Waals surface area contributed by atoms with Crippen molar-refractivity contribution in [1.82, 2.24) is 0 Å². The van der Waals surface area contributed by atoms with E-state index in [2.05, 4.69) is 4.18 Å². The average Bonchev–Trinajstić information content (AvgIpc) is 1.97. The monoisotopic (exact) mass is 220 g/mol. The predicted octanol–water partition coefficient (Wildman–Crippen LogP) is 1.70. The molecule has 0 spiro atoms. The quantitative estimate of drug-likeness (QED) is 0.662. The average molecular weight is 220 g/mol. The molecule has 0 fully saturated rings. The Morgan fingerprint density at radius 2 is 1.85 bits per heavy atom. The fraction of sp³-hybridized carbons (Fsp3) is 1.00. The minimum Gasteiger partial charge on any atom is -0.270 e. The summed E-state index contributed by atoms with van der Waals surface area (Å²) in [6.45, 7) is 1.60. The molecule has 0 aromatic heterocycles. The number of hydrogen-bond acceptors (Lipinski definition) is 3. The van der Waals surface area contributed by atoms with Gasteiger partial charge < -0.3 is 0 Å². The van der Waals surface area contributed by atoms with Crippen LogP contribution >= 0.6 is 0 Å². The maximum atomic E-state index is 11.6. The molecule has 0 aromatic rings. The number of alkyl halides is 3. The van der Waals surface area contributed by atoms with Gasteiger partial charge in [-0.3, -0.25) is 4.18 Å². The molecule has 0 saturated heterocycles. The third kappa shape index (κ3) is 8.04. The molecule has 0 aromatic carbocycles. The maximum absolute atomic E-state index is 11.6. The summed E-state index contributed by atoms with van der Waals surface area (Å²) in [7, 11) is -4.00. The Kier molecular flexibility index (Phi) is 4.69. The van der Waals surface area contributed by atoms with Gasteiger partial charge in [0.25, 0.3) is 10.1 Å². The second kappa shape index (κ2) is 4.80. The Labute approximate surface area is 75.0 Å². The van der Waals surface area contributed by atoms with E-state index in [-0.39, 0.29) is 6.61 Å². The Balaban J connectivity index is 3.91. The highest BCUT2D eigenvalue weighted by molar-refractivity contribution is 7.86. The van der Waals surface area contributed by atoms with Gasteiger partial charge in [0.15, 0.2) is 0 Å². The van der Waals surface area contributed by atoms with Crippen LogP contribution in [0.4, 0.5) is 13.2 Å². The van der Waals surface area contributed by atoms with Crippen molar-refractivity contribution >= 4 is 10.1 Å². The van der Waals surface area contributed by atoms with Gasteiger partial charge in [-0.25, -0.2) is 0 Å². The van der Waals surface area contributed by atoms with Gasteiger partial charge in [-0.1, -0.05) is 6.92 Å². The summed E-state index contributed by atoms with van der Waals surface area (Å²) in [6, 6.07) is 0. The lowest BCUT2D eigenvalue weighted by molar-refractivity contribution is -0.130. The van der Waals surface area contributed by atoms with E-state index in [9.17, 15) is 21.6 Å². The molecule has 0 rings (SSSR count). The van der Waals surface area contributed by atoms with Gasteiger partial charge in [-0.2, -0.15) is 21.6 Å². The highest BCUT2D eigenvalue weighted by Crippen LogP contribution is 2.20. The molecule has 7 heteroatoms. The molecule has 80 valence electrons. The molecule has 13 heavy (non-hydrogen) atoms. The minimum atomic E-state index is -4.46. The Morgan fingerprint density at radius 3 is 2.23 bits per heavy atom. The van der Waals surface area contributed by atoms with Crippen LogP contribution in [0.25, 0.3) is 0 Å². The summed E-state index contributed by atoms with van der Waals surface area (Å²) in [6.07, 6.45) is -5.37. The molecule has 0 aliphatic heterocycles. The molecule has 0 N–H and O–H groups in total. The number of halogens is 3. The SMILES string of the molecule is CCCOS(=O)(=O)CCC(F)(F)F. The largest absolute Gasteiger partial charge is 0.390 e. The molecule has 0 heterocycles. The Bertz CT molecular complexity index is 232. The molecule has 0 aliphatic rings. The van der Waals surface area contributed by atoms with E-state index in [4.69, 9.17) is 0 Å². The van der Waals surface area contributed by atoms with Crippen LogP contribution in [-0.4, -0.2) is 27.0 Å². The lowest BCUT2D eigenvalue weighted by Gasteiger charge is -2.06. The van der Waals surface area contributed by atoms with Gasteiger partial charge in [-0.15, -0.1) is 0 Å². The molecular weight excluding hydrogens is 209 g/mol. The van der Waals surface area contributed by atoms with Gasteiger partial charge >= 0.3 is 6.18 Å². The summed E-state index contributed by atoms with van der Waals surface area (Å²) < 4.78 is 60.4. The third-order valence-electron chi connectivity index (χ3n) is 1.10. The van der Waals surface area contributed by atoms with Crippen LogP contribution in [0, 0.1) is 0 Å². The minimum absolute atomic E-state index is 0.0693. The van der Waals surface area contributed by atoms with E-state index in [0.29, 0.717) is 6.42 Å². The highest BCUT2D eigenvalue weighted by Gasteiger charge is 2.30. The first-order valence-corrected chi connectivity index (χ1v) is 5.28. The molecule has 3 nitrogen and oxygen atoms in total. The lowest BCUT2D eigenvalue weighted by Crippen LogP contribution is -2.18. The van der Waals surface area contributed by atoms with Crippen molar-refractivity contribution in [2.75, 3.05) is 12.4 Å². The standard InChI is InChI=1S/C6H11F3O3S/c1-2-4-12-13(10,11)5-3-6(7,8)9/h2-5H2,1H3. The van der Waals surface area contributed by atoms with Gasteiger partial charge in [0.2, 0.25) is 0 Å². The van der Waals surface area contributed by atoms with E-state index in [1.165, 1.54) is 0 Å². The molecule has 0 unspecified atom stereocenters. The second-order valence-electron chi connectivity index (χ2n) is 2.45. The summed E-state index contributed by atoms with van der Waals surface area (Å²) in [5, 5.41) is 0. The first-order valence-electron chi connectivity index (χ1n) is 3.70. The summed E-state index contributed by atoms with van der Waals surface area (Å²) >= 11 is 0. The zero-order valence-corrected chi connectivity index (χ0v) is 7.91. The van der Waals surface area contributed by atoms with Gasteiger partial charge in [-0.05, 0) is 6.42 Å². The van der Waals surface area contributed by atoms with Crippen molar-refractivity contribution in [2.24, 2.45) is 0 Å². The van der Waals surface area contributed by atoms with Crippen molar-refractivity contribution < 1.29 is 25.8 Å². The van der Waals surface area contributed by atoms with Crippen LogP contribution in [0.15, 0.2) is 0 Å². The molecule has 0 saturated carbocycles. The van der Waals surface area contributed by atoms with Crippen molar-refractivity contribution in [2.45, 2.75) is 25.9 Å². The van der Waals surface area contributed by atoms with Gasteiger partial charge in [0.05, 0.1) is 18.8 Å². The van der Waals surface area contributed by atoms with Crippen LogP contribution < -0.4 is 0 Å². The fourth-order valence-corrected chi connectivity index (χ4v) is 1.53. The zero-order valence-electron chi connectivity index (χ0n) is 7.10. The van der Waals surface area contributed by atoms with E-state index in [0.717, 1.165) is 0 Å². The smallest absolute Gasteiger partial charge is 0.270 e. The van der Waals surface area contributed by atoms with Crippen molar-refractivity contribution in [3.8, 4) is 0 Å². The van der Waals surface area contributed by atoms with Crippen LogP contribution in [-0.2, 0) is 14.3 Å². The van der Waals surface area contributed by atoms with Crippen LogP contribution in [0.5, 0.6) is 0 Å². The van der Waals surface area contributed by atoms with Crippen molar-refractivity contribution in [3.05, 3.63) is 0 Å². The van der Waals surface area contributed by atoms with E-state index in [1.807, 2.05) is 0 Å². The third-order valence-corrected chi connectivity index (χ3v) is 2.33. The molecular formula is C6H11F3O3S. The molecule has 0 aliphatic carbocycles. The van der Waals surface area contributed by atoms with Crippen LogP contribution in [0.1, 0.15) is 19.8 Å². The molecule has 0 amide bonds. The molecule has 0 atom stereocenters. The predicted molar refractivity (Wildman–Crippen MR) is 40.7 cm³/mol. The van der Waals surface area contributed by atoms with Crippen LogP contribution in [0.3, 0.4) is 0 Å². The van der Waals surface area contributed by atoms with Crippen LogP contribution in [0.2, 0.25) is 0 Å². The number of rotatable bonds is 5. The van der Waals surface area contributed by atoms with E-state index in [1.54, 1.807) is 6.92 Å². The van der Waals surface area contributed by atoms with Gasteiger partial charge in [0, 0.05) is 0 Å². The maximum Gasteiger partial charge on any atom is 0.390 e. The van der Waals surface area contributed by atoms with E-state index < -0.39 is 28.5 Å². The summed E-state index contributed by atoms with van der Waals surface area (Å²) in [5.41, 5.74) is 0. The molecule has 0 radical (unpaired) electrons. The summed E-state index contributed by atoms with van der Waals surface area (Å²) in [5.74, 6) is -1.00. The fourth-order valence-electron chi connectivity index (χ4n) is 0.510. The van der Waals surface area contributed by atoms with Crippen molar-refractivity contribution in [3.63, 3.8) is 0 Å². The number of hydrogen-bond donors (Lipinski definition) is 0. The van der Waals surface area contributed by atoms with Crippen molar-refractivity contribution in [1.29, 1.82) is 0 Å². The Hall–Kier alpha value is -0.300. The molecule has 0 bridgehead atoms. The topological polar surface area (TPSA) is 43.4 Å². The summed E-state index contributed by atoms with van der Waals surface area (Å²) in [4.78, 5) is 0. The van der Waals surface area contributed by atoms with Gasteiger partial charge in [0.1, 0.15) is 0 Å². The first-order chi connectivity index (χ1) is 5.77. The second-order valence-corrected chi connectivity index (χ2v) is 4.21. The lowest BCUT2D eigenvalue weighted by atomic mass is 10.5. The highest BCUT2D eigenvalue weighted by atomic mass is 32.2. The normalized spacial score (nSPS) is 13.2. The Morgan fingerprint density at radius 1 is 1.31 bits per heavy atom. The first kappa shape index (κ1) is 12.7.